The first-order valence-corrected chi connectivity index (χ1v) is 11.5. The Kier molecular flexibility index (Phi) is 6.22. The van der Waals surface area contributed by atoms with Crippen LogP contribution in [0.5, 0.6) is 0 Å². The van der Waals surface area contributed by atoms with E-state index in [9.17, 15) is 4.79 Å². The van der Waals surface area contributed by atoms with Crippen LogP contribution in [0.1, 0.15) is 23.5 Å². The van der Waals surface area contributed by atoms with Crippen LogP contribution in [0, 0.1) is 0 Å². The molecular formula is C23H31N5OS. The predicted octanol–water partition coefficient (Wildman–Crippen LogP) is 3.45. The molecule has 160 valence electrons. The normalized spacial score (nSPS) is 15.4. The summed E-state index contributed by atoms with van der Waals surface area (Å²) in [6, 6.07) is 9.12. The average Bonchev–Trinajstić information content (AvgIpc) is 3.16. The van der Waals surface area contributed by atoms with Gasteiger partial charge in [0, 0.05) is 67.8 Å². The van der Waals surface area contributed by atoms with E-state index in [-0.39, 0.29) is 0 Å². The van der Waals surface area contributed by atoms with Gasteiger partial charge in [-0.05, 0) is 45.2 Å². The molecule has 7 heteroatoms. The van der Waals surface area contributed by atoms with Crippen LogP contribution in [0.2, 0.25) is 0 Å². The van der Waals surface area contributed by atoms with Gasteiger partial charge in [0.2, 0.25) is 0 Å². The van der Waals surface area contributed by atoms with Crippen molar-refractivity contribution in [2.24, 2.45) is 0 Å². The van der Waals surface area contributed by atoms with Crippen LogP contribution in [-0.2, 0) is 0 Å². The first-order valence-electron chi connectivity index (χ1n) is 10.7. The molecule has 1 aliphatic heterocycles. The van der Waals surface area contributed by atoms with Gasteiger partial charge in [0.05, 0.1) is 16.1 Å². The maximum atomic E-state index is 11.8. The highest BCUT2D eigenvalue weighted by Crippen LogP contribution is 2.41. The van der Waals surface area contributed by atoms with Crippen molar-refractivity contribution in [3.05, 3.63) is 29.1 Å². The number of thiophene rings is 1. The molecule has 1 saturated heterocycles. The van der Waals surface area contributed by atoms with Gasteiger partial charge in [0.15, 0.2) is 6.29 Å². The van der Waals surface area contributed by atoms with Crippen LogP contribution < -0.4 is 15.1 Å². The van der Waals surface area contributed by atoms with Gasteiger partial charge in [-0.3, -0.25) is 9.69 Å². The molecule has 2 aromatic heterocycles. The third kappa shape index (κ3) is 3.89. The number of hydrogen-bond donors (Lipinski definition) is 1. The molecule has 1 aromatic carbocycles. The molecule has 0 amide bonds. The fourth-order valence-electron chi connectivity index (χ4n) is 4.29. The number of carbonyl (C=O) groups is 1. The van der Waals surface area contributed by atoms with Crippen molar-refractivity contribution < 1.29 is 4.79 Å². The second-order valence-corrected chi connectivity index (χ2v) is 9.33. The second kappa shape index (κ2) is 8.88. The first-order chi connectivity index (χ1) is 14.5. The van der Waals surface area contributed by atoms with E-state index in [0.29, 0.717) is 6.04 Å². The van der Waals surface area contributed by atoms with Gasteiger partial charge >= 0.3 is 0 Å². The van der Waals surface area contributed by atoms with E-state index in [1.54, 1.807) is 11.3 Å². The summed E-state index contributed by atoms with van der Waals surface area (Å²) in [5.41, 5.74) is 2.01. The number of hydrogen-bond acceptors (Lipinski definition) is 7. The smallest absolute Gasteiger partial charge is 0.162 e. The van der Waals surface area contributed by atoms with Gasteiger partial charge in [0.25, 0.3) is 0 Å². The van der Waals surface area contributed by atoms with Crippen molar-refractivity contribution in [3.8, 4) is 0 Å². The Bertz CT molecular complexity index is 1040. The number of rotatable bonds is 7. The summed E-state index contributed by atoms with van der Waals surface area (Å²) < 4.78 is 1.14. The number of pyridine rings is 1. The Morgan fingerprint density at radius 1 is 1.20 bits per heavy atom. The zero-order valence-corrected chi connectivity index (χ0v) is 19.1. The fraction of sp³-hybridized carbons (Fsp3) is 0.478. The zero-order valence-electron chi connectivity index (χ0n) is 18.3. The van der Waals surface area contributed by atoms with E-state index in [0.717, 1.165) is 82.9 Å². The van der Waals surface area contributed by atoms with Gasteiger partial charge in [-0.2, -0.15) is 0 Å². The number of aromatic nitrogens is 1. The predicted molar refractivity (Wildman–Crippen MR) is 129 cm³/mol. The number of fused-ring (bicyclic) bond motifs is 3. The number of benzene rings is 1. The topological polar surface area (TPSA) is 51.7 Å². The van der Waals surface area contributed by atoms with E-state index in [2.05, 4.69) is 65.2 Å². The number of aldehydes is 1. The number of anilines is 2. The number of piperazine rings is 1. The number of likely N-dealkylation sites (N-methyl/N-ethyl adjacent to an activating group) is 2. The molecule has 0 spiro atoms. The van der Waals surface area contributed by atoms with Gasteiger partial charge in [-0.1, -0.05) is 0 Å². The zero-order chi connectivity index (χ0) is 21.3. The van der Waals surface area contributed by atoms with Crippen molar-refractivity contribution >= 4 is 50.1 Å². The lowest BCUT2D eigenvalue weighted by Gasteiger charge is -2.37. The summed E-state index contributed by atoms with van der Waals surface area (Å²) in [4.78, 5) is 24.7. The fourth-order valence-corrected chi connectivity index (χ4v) is 5.37. The van der Waals surface area contributed by atoms with Crippen LogP contribution >= 0.6 is 11.3 Å². The minimum Gasteiger partial charge on any atom is -0.372 e. The molecule has 0 atom stereocenters. The number of nitrogens with zero attached hydrogens (tertiary/aromatic N) is 4. The van der Waals surface area contributed by atoms with Crippen molar-refractivity contribution in [3.63, 3.8) is 0 Å². The van der Waals surface area contributed by atoms with Crippen LogP contribution in [0.25, 0.3) is 21.0 Å². The van der Waals surface area contributed by atoms with E-state index in [1.165, 1.54) is 0 Å². The average molecular weight is 426 g/mol. The summed E-state index contributed by atoms with van der Waals surface area (Å²) in [6.45, 7) is 10.4. The minimum absolute atomic E-state index is 0.592. The molecule has 0 aliphatic carbocycles. The molecule has 0 bridgehead atoms. The largest absolute Gasteiger partial charge is 0.372 e. The summed E-state index contributed by atoms with van der Waals surface area (Å²) in [5.74, 6) is 1.04. The van der Waals surface area contributed by atoms with E-state index < -0.39 is 0 Å². The number of carbonyl (C=O) groups excluding carboxylic acids is 1. The van der Waals surface area contributed by atoms with Crippen LogP contribution in [0.3, 0.4) is 0 Å². The summed E-state index contributed by atoms with van der Waals surface area (Å²) in [7, 11) is 4.00. The lowest BCUT2D eigenvalue weighted by molar-refractivity contribution is 0.112. The van der Waals surface area contributed by atoms with E-state index in [1.807, 2.05) is 7.05 Å². The highest BCUT2D eigenvalue weighted by molar-refractivity contribution is 7.21. The highest BCUT2D eigenvalue weighted by Gasteiger charge is 2.21. The Labute approximate surface area is 182 Å². The molecule has 0 radical (unpaired) electrons. The lowest BCUT2D eigenvalue weighted by atomic mass is 10.1. The summed E-state index contributed by atoms with van der Waals surface area (Å²) in [6.07, 6.45) is 0.984. The molecular weight excluding hydrogens is 394 g/mol. The van der Waals surface area contributed by atoms with Crippen molar-refractivity contribution in [1.82, 2.24) is 15.2 Å². The highest BCUT2D eigenvalue weighted by atomic mass is 32.1. The second-order valence-electron chi connectivity index (χ2n) is 8.25. The van der Waals surface area contributed by atoms with Crippen molar-refractivity contribution in [2.75, 3.05) is 63.2 Å². The molecule has 3 heterocycles. The minimum atomic E-state index is 0.592. The Hall–Kier alpha value is -2.22. The van der Waals surface area contributed by atoms with Gasteiger partial charge in [-0.25, -0.2) is 4.98 Å². The van der Waals surface area contributed by atoms with Gasteiger partial charge < -0.3 is 15.1 Å². The summed E-state index contributed by atoms with van der Waals surface area (Å²) in [5, 5.41) is 5.45. The quantitative estimate of drug-likeness (QED) is 0.585. The SMILES string of the molecule is CNCCN(C)c1c(C=O)sc2ccc3nc(N4CCN(C(C)C)CC4)ccc3c12. The summed E-state index contributed by atoms with van der Waals surface area (Å²) >= 11 is 1.56. The Morgan fingerprint density at radius 2 is 1.97 bits per heavy atom. The molecule has 30 heavy (non-hydrogen) atoms. The first kappa shape index (κ1) is 21.0. The van der Waals surface area contributed by atoms with Gasteiger partial charge in [0.1, 0.15) is 5.82 Å². The molecule has 0 unspecified atom stereocenters. The van der Waals surface area contributed by atoms with Gasteiger partial charge in [-0.15, -0.1) is 11.3 Å². The van der Waals surface area contributed by atoms with Crippen LogP contribution in [-0.4, -0.2) is 75.6 Å². The van der Waals surface area contributed by atoms with E-state index >= 15 is 0 Å². The molecule has 4 rings (SSSR count). The Balaban J connectivity index is 1.72. The van der Waals surface area contributed by atoms with Crippen LogP contribution in [0.15, 0.2) is 24.3 Å². The maximum absolute atomic E-state index is 11.8. The monoisotopic (exact) mass is 425 g/mol. The lowest BCUT2D eigenvalue weighted by Crippen LogP contribution is -2.49. The molecule has 0 saturated carbocycles. The molecule has 1 N–H and O–H groups in total. The third-order valence-corrected chi connectivity index (χ3v) is 7.13. The van der Waals surface area contributed by atoms with Crippen molar-refractivity contribution in [2.45, 2.75) is 19.9 Å². The third-order valence-electron chi connectivity index (χ3n) is 6.06. The van der Waals surface area contributed by atoms with Crippen molar-refractivity contribution in [1.29, 1.82) is 0 Å². The van der Waals surface area contributed by atoms with E-state index in [4.69, 9.17) is 4.98 Å². The van der Waals surface area contributed by atoms with Crippen LogP contribution in [0.4, 0.5) is 11.5 Å². The maximum Gasteiger partial charge on any atom is 0.162 e. The molecule has 3 aromatic rings. The molecule has 1 aliphatic rings. The Morgan fingerprint density at radius 3 is 2.63 bits per heavy atom. The standard InChI is InChI=1S/C23H31N5OS/c1-16(2)27-11-13-28(14-12-27)21-8-5-17-18(25-21)6-7-19-22(17)23(20(15-29)30-19)26(4)10-9-24-3/h5-8,15-16,24H,9-14H2,1-4H3. The molecule has 1 fully saturated rings. The molecule has 6 nitrogen and oxygen atoms in total. The number of nitrogens with one attached hydrogen (secondary N) is 1.